The van der Waals surface area contributed by atoms with Gasteiger partial charge in [0.15, 0.2) is 12.4 Å². The minimum Gasteiger partial charge on any atom is -0.479 e. The zero-order valence-electron chi connectivity index (χ0n) is 10.7. The van der Waals surface area contributed by atoms with Crippen molar-refractivity contribution in [2.24, 2.45) is 5.92 Å². The van der Waals surface area contributed by atoms with E-state index in [0.717, 1.165) is 6.07 Å². The number of halogens is 1. The Hall–Kier alpha value is -2.11. The number of fused-ring (bicyclic) bond motifs is 1. The van der Waals surface area contributed by atoms with Crippen LogP contribution in [0.25, 0.3) is 0 Å². The van der Waals surface area contributed by atoms with Crippen molar-refractivity contribution in [1.82, 2.24) is 0 Å². The number of amides is 2. The second-order valence-electron chi connectivity index (χ2n) is 4.81. The summed E-state index contributed by atoms with van der Waals surface area (Å²) < 4.78 is 18.7. The molecule has 0 unspecified atom stereocenters. The summed E-state index contributed by atoms with van der Waals surface area (Å²) in [6.07, 6.45) is 0.331. The summed E-state index contributed by atoms with van der Waals surface area (Å²) in [4.78, 5) is 22.9. The van der Waals surface area contributed by atoms with E-state index in [1.165, 1.54) is 6.07 Å². The zero-order chi connectivity index (χ0) is 14.0. The van der Waals surface area contributed by atoms with Crippen molar-refractivity contribution >= 4 is 23.2 Å². The molecule has 19 heavy (non-hydrogen) atoms. The van der Waals surface area contributed by atoms with Crippen LogP contribution in [-0.4, -0.2) is 18.4 Å². The minimum absolute atomic E-state index is 0.147. The van der Waals surface area contributed by atoms with Gasteiger partial charge in [0.05, 0.1) is 11.4 Å². The van der Waals surface area contributed by atoms with E-state index in [1.54, 1.807) is 0 Å². The first-order chi connectivity index (χ1) is 8.95. The molecule has 2 N–H and O–H groups in total. The molecule has 1 heterocycles. The van der Waals surface area contributed by atoms with E-state index >= 15 is 0 Å². The lowest BCUT2D eigenvalue weighted by Crippen LogP contribution is -2.26. The second-order valence-corrected chi connectivity index (χ2v) is 4.81. The highest BCUT2D eigenvalue weighted by Crippen LogP contribution is 2.36. The Balaban J connectivity index is 2.25. The van der Waals surface area contributed by atoms with E-state index in [9.17, 15) is 14.0 Å². The summed E-state index contributed by atoms with van der Waals surface area (Å²) in [6, 6.07) is 2.33. The van der Waals surface area contributed by atoms with Gasteiger partial charge in [-0.2, -0.15) is 0 Å². The average molecular weight is 266 g/mol. The van der Waals surface area contributed by atoms with Crippen LogP contribution in [0.2, 0.25) is 0 Å². The molecular weight excluding hydrogens is 251 g/mol. The van der Waals surface area contributed by atoms with Crippen LogP contribution in [0, 0.1) is 11.7 Å². The van der Waals surface area contributed by atoms with E-state index in [-0.39, 0.29) is 41.5 Å². The Morgan fingerprint density at radius 3 is 2.95 bits per heavy atom. The van der Waals surface area contributed by atoms with Crippen LogP contribution in [-0.2, 0) is 9.59 Å². The third-order valence-electron chi connectivity index (χ3n) is 2.54. The maximum atomic E-state index is 13.4. The summed E-state index contributed by atoms with van der Waals surface area (Å²) in [5.74, 6) is -0.631. The maximum Gasteiger partial charge on any atom is 0.262 e. The molecule has 0 radical (unpaired) electrons. The van der Waals surface area contributed by atoms with Crippen LogP contribution >= 0.6 is 0 Å². The number of hydrogen-bond donors (Lipinski definition) is 2. The second kappa shape index (κ2) is 5.26. The fourth-order valence-electron chi connectivity index (χ4n) is 1.83. The molecule has 6 heteroatoms. The van der Waals surface area contributed by atoms with E-state index in [2.05, 4.69) is 10.6 Å². The van der Waals surface area contributed by atoms with Gasteiger partial charge in [-0.05, 0) is 5.92 Å². The van der Waals surface area contributed by atoms with Gasteiger partial charge in [-0.15, -0.1) is 0 Å². The number of rotatable bonds is 3. The number of carbonyl (C=O) groups excluding carboxylic acids is 2. The molecule has 0 bridgehead atoms. The molecule has 2 rings (SSSR count). The third kappa shape index (κ3) is 3.21. The van der Waals surface area contributed by atoms with Crippen molar-refractivity contribution in [3.8, 4) is 5.75 Å². The van der Waals surface area contributed by atoms with Crippen molar-refractivity contribution in [2.75, 3.05) is 17.2 Å². The largest absolute Gasteiger partial charge is 0.479 e. The van der Waals surface area contributed by atoms with Gasteiger partial charge in [0.2, 0.25) is 5.91 Å². The summed E-state index contributed by atoms with van der Waals surface area (Å²) in [6.45, 7) is 3.68. The number of benzene rings is 1. The Morgan fingerprint density at radius 2 is 2.26 bits per heavy atom. The number of anilines is 2. The lowest BCUT2D eigenvalue weighted by Gasteiger charge is -2.21. The lowest BCUT2D eigenvalue weighted by atomic mass is 10.1. The van der Waals surface area contributed by atoms with Gasteiger partial charge < -0.3 is 15.4 Å². The van der Waals surface area contributed by atoms with Crippen molar-refractivity contribution in [2.45, 2.75) is 20.3 Å². The Morgan fingerprint density at radius 1 is 1.53 bits per heavy atom. The van der Waals surface area contributed by atoms with Gasteiger partial charge >= 0.3 is 0 Å². The number of nitrogens with one attached hydrogen (secondary N) is 2. The summed E-state index contributed by atoms with van der Waals surface area (Å²) in [7, 11) is 0. The third-order valence-corrected chi connectivity index (χ3v) is 2.54. The van der Waals surface area contributed by atoms with Gasteiger partial charge in [0.1, 0.15) is 5.82 Å². The smallest absolute Gasteiger partial charge is 0.262 e. The number of hydrogen-bond acceptors (Lipinski definition) is 3. The molecule has 1 aromatic carbocycles. The van der Waals surface area contributed by atoms with Crippen molar-refractivity contribution < 1.29 is 18.7 Å². The van der Waals surface area contributed by atoms with Gasteiger partial charge in [-0.3, -0.25) is 9.59 Å². The van der Waals surface area contributed by atoms with E-state index < -0.39 is 5.82 Å². The molecular formula is C13H15FN2O3. The standard InChI is InChI=1S/C13H15FN2O3/c1-7(2)3-11(17)15-9-4-8(14)5-10-13(9)19-6-12(18)16-10/h4-5,7H,3,6H2,1-2H3,(H,15,17)(H,16,18). The minimum atomic E-state index is -0.551. The van der Waals surface area contributed by atoms with E-state index in [0.29, 0.717) is 6.42 Å². The predicted octanol–water partition coefficient (Wildman–Crippen LogP) is 2.14. The maximum absolute atomic E-state index is 13.4. The fourth-order valence-corrected chi connectivity index (χ4v) is 1.83. The van der Waals surface area contributed by atoms with Crippen LogP contribution in [0.4, 0.5) is 15.8 Å². The molecule has 0 saturated carbocycles. The van der Waals surface area contributed by atoms with Crippen LogP contribution < -0.4 is 15.4 Å². The van der Waals surface area contributed by atoms with Crippen LogP contribution in [0.15, 0.2) is 12.1 Å². The number of ether oxygens (including phenoxy) is 1. The first-order valence-electron chi connectivity index (χ1n) is 6.01. The zero-order valence-corrected chi connectivity index (χ0v) is 10.7. The van der Waals surface area contributed by atoms with Gasteiger partial charge in [-0.1, -0.05) is 13.8 Å². The Labute approximate surface area is 110 Å². The first-order valence-corrected chi connectivity index (χ1v) is 6.01. The summed E-state index contributed by atoms with van der Waals surface area (Å²) in [5, 5.41) is 5.10. The van der Waals surface area contributed by atoms with E-state index in [4.69, 9.17) is 4.74 Å². The molecule has 0 aliphatic carbocycles. The molecule has 1 aromatic rings. The summed E-state index contributed by atoms with van der Waals surface area (Å²) in [5.41, 5.74) is 0.469. The van der Waals surface area contributed by atoms with Crippen LogP contribution in [0.5, 0.6) is 5.75 Å². The molecule has 0 fully saturated rings. The first kappa shape index (κ1) is 13.3. The Kier molecular flexibility index (Phi) is 3.69. The molecule has 0 aromatic heterocycles. The highest BCUT2D eigenvalue weighted by Gasteiger charge is 2.21. The van der Waals surface area contributed by atoms with Crippen molar-refractivity contribution in [1.29, 1.82) is 0 Å². The highest BCUT2D eigenvalue weighted by molar-refractivity contribution is 6.00. The topological polar surface area (TPSA) is 67.4 Å². The van der Waals surface area contributed by atoms with Crippen LogP contribution in [0.3, 0.4) is 0 Å². The van der Waals surface area contributed by atoms with Gasteiger partial charge in [0.25, 0.3) is 5.91 Å². The van der Waals surface area contributed by atoms with Gasteiger partial charge in [0, 0.05) is 18.6 Å². The SMILES string of the molecule is CC(C)CC(=O)Nc1cc(F)cc2c1OCC(=O)N2. The van der Waals surface area contributed by atoms with E-state index in [1.807, 2.05) is 13.8 Å². The number of carbonyl (C=O) groups is 2. The molecule has 102 valence electrons. The lowest BCUT2D eigenvalue weighted by molar-refractivity contribution is -0.118. The Bertz CT molecular complexity index is 529. The van der Waals surface area contributed by atoms with Crippen LogP contribution in [0.1, 0.15) is 20.3 Å². The molecule has 1 aliphatic rings. The fraction of sp³-hybridized carbons (Fsp3) is 0.385. The summed E-state index contributed by atoms with van der Waals surface area (Å²) >= 11 is 0. The average Bonchev–Trinajstić information content (AvgIpc) is 2.26. The highest BCUT2D eigenvalue weighted by atomic mass is 19.1. The normalized spacial score (nSPS) is 13.6. The van der Waals surface area contributed by atoms with Crippen molar-refractivity contribution in [3.05, 3.63) is 17.9 Å². The molecule has 0 saturated heterocycles. The van der Waals surface area contributed by atoms with Crippen molar-refractivity contribution in [3.63, 3.8) is 0 Å². The monoisotopic (exact) mass is 266 g/mol. The predicted molar refractivity (Wildman–Crippen MR) is 68.6 cm³/mol. The molecule has 5 nitrogen and oxygen atoms in total. The van der Waals surface area contributed by atoms with Gasteiger partial charge in [-0.25, -0.2) is 4.39 Å². The molecule has 0 atom stereocenters. The quantitative estimate of drug-likeness (QED) is 0.880. The molecule has 2 amide bonds. The molecule has 0 spiro atoms. The molecule has 1 aliphatic heterocycles.